The van der Waals surface area contributed by atoms with Crippen molar-refractivity contribution in [2.75, 3.05) is 26.4 Å². The fourth-order valence-corrected chi connectivity index (χ4v) is 1.54. The zero-order valence-corrected chi connectivity index (χ0v) is 11.4. The van der Waals surface area contributed by atoms with Gasteiger partial charge in [0.2, 0.25) is 5.91 Å². The Morgan fingerprint density at radius 3 is 2.78 bits per heavy atom. The van der Waals surface area contributed by atoms with Gasteiger partial charge in [-0.25, -0.2) is 0 Å². The predicted molar refractivity (Wildman–Crippen MR) is 75.3 cm³/mol. The first-order valence-electron chi connectivity index (χ1n) is 6.26. The third-order valence-corrected chi connectivity index (χ3v) is 3.07. The van der Waals surface area contributed by atoms with Crippen molar-refractivity contribution in [2.45, 2.75) is 25.8 Å². The summed E-state index contributed by atoms with van der Waals surface area (Å²) in [5.41, 5.74) is 7.54. The molecule has 1 amide bonds. The van der Waals surface area contributed by atoms with Crippen molar-refractivity contribution in [3.8, 4) is 0 Å². The van der Waals surface area contributed by atoms with Gasteiger partial charge in [0.15, 0.2) is 0 Å². The average molecular weight is 249 g/mol. The van der Waals surface area contributed by atoms with Crippen molar-refractivity contribution in [1.82, 2.24) is 10.2 Å². The van der Waals surface area contributed by atoms with Crippen LogP contribution in [0.1, 0.15) is 18.9 Å². The monoisotopic (exact) mass is 249 g/mol. The Bertz CT molecular complexity index is 390. The number of anilines is 1. The van der Waals surface area contributed by atoms with Gasteiger partial charge in [0, 0.05) is 24.7 Å². The Labute approximate surface area is 109 Å². The lowest BCUT2D eigenvalue weighted by Gasteiger charge is -2.19. The molecule has 0 bridgehead atoms. The van der Waals surface area contributed by atoms with E-state index in [-0.39, 0.29) is 5.91 Å². The number of benzene rings is 1. The van der Waals surface area contributed by atoms with E-state index < -0.39 is 0 Å². The highest BCUT2D eigenvalue weighted by Crippen LogP contribution is 2.08. The number of hydrogen-bond donors (Lipinski definition) is 2. The summed E-state index contributed by atoms with van der Waals surface area (Å²) < 4.78 is 0. The summed E-state index contributed by atoms with van der Waals surface area (Å²) in [6.07, 6.45) is 1.23. The van der Waals surface area contributed by atoms with Gasteiger partial charge in [0.1, 0.15) is 0 Å². The number of nitrogen functional groups attached to an aromatic ring is 1. The predicted octanol–water partition coefficient (Wildman–Crippen LogP) is 1.27. The molecule has 4 heteroatoms. The van der Waals surface area contributed by atoms with Gasteiger partial charge in [-0.2, -0.15) is 0 Å². The van der Waals surface area contributed by atoms with Gasteiger partial charge in [-0.05, 0) is 45.1 Å². The summed E-state index contributed by atoms with van der Waals surface area (Å²) in [5.74, 6) is 0.0890. The molecular weight excluding hydrogens is 226 g/mol. The number of nitrogens with two attached hydrogens (primary N) is 1. The number of carbonyl (C=O) groups is 1. The van der Waals surface area contributed by atoms with E-state index in [9.17, 15) is 4.79 Å². The summed E-state index contributed by atoms with van der Waals surface area (Å²) in [7, 11) is 4.01. The molecule has 0 aliphatic rings. The molecule has 100 valence electrons. The average Bonchev–Trinajstić information content (AvgIpc) is 2.33. The molecule has 1 aromatic rings. The molecule has 0 spiro atoms. The number of amides is 1. The summed E-state index contributed by atoms with van der Waals surface area (Å²) in [4.78, 5) is 13.7. The Balaban J connectivity index is 2.29. The third-order valence-electron chi connectivity index (χ3n) is 3.07. The first-order valence-corrected chi connectivity index (χ1v) is 6.26. The van der Waals surface area contributed by atoms with E-state index >= 15 is 0 Å². The molecule has 0 saturated heterocycles. The molecule has 4 nitrogen and oxygen atoms in total. The van der Waals surface area contributed by atoms with Gasteiger partial charge in [0.05, 0.1) is 0 Å². The van der Waals surface area contributed by atoms with Crippen LogP contribution in [-0.2, 0) is 11.2 Å². The molecule has 0 aliphatic carbocycles. The largest absolute Gasteiger partial charge is 0.399 e. The molecule has 0 radical (unpaired) electrons. The molecular formula is C14H23N3O. The minimum absolute atomic E-state index is 0.0890. The lowest BCUT2D eigenvalue weighted by molar-refractivity contribution is -0.121. The van der Waals surface area contributed by atoms with Crippen LogP contribution in [0, 0.1) is 0 Å². The molecule has 0 aromatic heterocycles. The maximum Gasteiger partial charge on any atom is 0.220 e. The zero-order valence-electron chi connectivity index (χ0n) is 11.4. The maximum absolute atomic E-state index is 11.7. The van der Waals surface area contributed by atoms with Crippen molar-refractivity contribution >= 4 is 11.6 Å². The molecule has 1 aromatic carbocycles. The number of hydrogen-bond acceptors (Lipinski definition) is 3. The van der Waals surface area contributed by atoms with Crippen LogP contribution in [0.2, 0.25) is 0 Å². The van der Waals surface area contributed by atoms with Crippen molar-refractivity contribution in [3.63, 3.8) is 0 Å². The van der Waals surface area contributed by atoms with Crippen molar-refractivity contribution in [2.24, 2.45) is 0 Å². The standard InChI is InChI=1S/C14H23N3O/c1-11(17(2)3)10-16-14(18)8-7-12-5-4-6-13(15)9-12/h4-6,9,11H,7-8,10,15H2,1-3H3,(H,16,18). The van der Waals surface area contributed by atoms with Crippen molar-refractivity contribution in [1.29, 1.82) is 0 Å². The van der Waals surface area contributed by atoms with E-state index in [1.54, 1.807) is 0 Å². The van der Waals surface area contributed by atoms with Crippen LogP contribution in [0.4, 0.5) is 5.69 Å². The molecule has 18 heavy (non-hydrogen) atoms. The van der Waals surface area contributed by atoms with E-state index in [1.807, 2.05) is 38.4 Å². The van der Waals surface area contributed by atoms with Gasteiger partial charge >= 0.3 is 0 Å². The number of rotatable bonds is 6. The molecule has 0 heterocycles. The van der Waals surface area contributed by atoms with Crippen molar-refractivity contribution in [3.05, 3.63) is 29.8 Å². The van der Waals surface area contributed by atoms with Crippen LogP contribution >= 0.6 is 0 Å². The third kappa shape index (κ3) is 5.19. The summed E-state index contributed by atoms with van der Waals surface area (Å²) in [6.45, 7) is 2.76. The smallest absolute Gasteiger partial charge is 0.220 e. The number of carbonyl (C=O) groups excluding carboxylic acids is 1. The van der Waals surface area contributed by atoms with E-state index in [0.29, 0.717) is 19.0 Å². The maximum atomic E-state index is 11.7. The van der Waals surface area contributed by atoms with E-state index in [2.05, 4.69) is 17.1 Å². The van der Waals surface area contributed by atoms with Gasteiger partial charge in [-0.15, -0.1) is 0 Å². The first kappa shape index (κ1) is 14.5. The van der Waals surface area contributed by atoms with Crippen LogP contribution < -0.4 is 11.1 Å². The number of likely N-dealkylation sites (N-methyl/N-ethyl adjacent to an activating group) is 1. The van der Waals surface area contributed by atoms with Gasteiger partial charge in [-0.1, -0.05) is 12.1 Å². The van der Waals surface area contributed by atoms with Crippen LogP contribution in [-0.4, -0.2) is 37.5 Å². The molecule has 0 aliphatic heterocycles. The van der Waals surface area contributed by atoms with Gasteiger partial charge in [0.25, 0.3) is 0 Å². The highest BCUT2D eigenvalue weighted by molar-refractivity contribution is 5.76. The van der Waals surface area contributed by atoms with Gasteiger partial charge in [-0.3, -0.25) is 4.79 Å². The van der Waals surface area contributed by atoms with Crippen LogP contribution in [0.25, 0.3) is 0 Å². The fourth-order valence-electron chi connectivity index (χ4n) is 1.54. The molecule has 1 atom stereocenters. The van der Waals surface area contributed by atoms with Crippen molar-refractivity contribution < 1.29 is 4.79 Å². The Kier molecular flexibility index (Phi) is 5.65. The summed E-state index contributed by atoms with van der Waals surface area (Å²) in [5, 5.41) is 2.94. The minimum Gasteiger partial charge on any atom is -0.399 e. The molecule has 0 fully saturated rings. The Morgan fingerprint density at radius 1 is 1.44 bits per heavy atom. The molecule has 3 N–H and O–H groups in total. The van der Waals surface area contributed by atoms with E-state index in [4.69, 9.17) is 5.73 Å². The van der Waals surface area contributed by atoms with E-state index in [0.717, 1.165) is 17.7 Å². The van der Waals surface area contributed by atoms with Crippen LogP contribution in [0.3, 0.4) is 0 Å². The molecule has 1 unspecified atom stereocenters. The summed E-state index contributed by atoms with van der Waals surface area (Å²) in [6, 6.07) is 8.02. The number of aryl methyl sites for hydroxylation is 1. The number of nitrogens with zero attached hydrogens (tertiary/aromatic N) is 1. The first-order chi connectivity index (χ1) is 8.49. The zero-order chi connectivity index (χ0) is 13.5. The quantitative estimate of drug-likeness (QED) is 0.746. The lowest BCUT2D eigenvalue weighted by Crippen LogP contribution is -2.38. The molecule has 0 saturated carbocycles. The van der Waals surface area contributed by atoms with Crippen LogP contribution in [0.5, 0.6) is 0 Å². The second-order valence-electron chi connectivity index (χ2n) is 4.86. The number of nitrogens with one attached hydrogen (secondary N) is 1. The highest BCUT2D eigenvalue weighted by atomic mass is 16.1. The normalized spacial score (nSPS) is 12.4. The Morgan fingerprint density at radius 2 is 2.17 bits per heavy atom. The fraction of sp³-hybridized carbons (Fsp3) is 0.500. The minimum atomic E-state index is 0.0890. The second-order valence-corrected chi connectivity index (χ2v) is 4.86. The molecule has 1 rings (SSSR count). The van der Waals surface area contributed by atoms with Gasteiger partial charge < -0.3 is 16.0 Å². The summed E-state index contributed by atoms with van der Waals surface area (Å²) >= 11 is 0. The highest BCUT2D eigenvalue weighted by Gasteiger charge is 2.07. The lowest BCUT2D eigenvalue weighted by atomic mass is 10.1. The SMILES string of the molecule is CC(CNC(=O)CCc1cccc(N)c1)N(C)C. The second kappa shape index (κ2) is 7.01. The van der Waals surface area contributed by atoms with E-state index in [1.165, 1.54) is 0 Å². The van der Waals surface area contributed by atoms with Crippen LogP contribution in [0.15, 0.2) is 24.3 Å². The topological polar surface area (TPSA) is 58.4 Å². The Hall–Kier alpha value is -1.55.